The number of carbonyl (C=O) groups excluding carboxylic acids is 1. The van der Waals surface area contributed by atoms with E-state index in [0.29, 0.717) is 5.56 Å². The van der Waals surface area contributed by atoms with Gasteiger partial charge in [0, 0.05) is 20.1 Å². The number of benzene rings is 1. The van der Waals surface area contributed by atoms with E-state index >= 15 is 0 Å². The molecular formula is C11H9IrNO-2. The summed E-state index contributed by atoms with van der Waals surface area (Å²) in [4.78, 5) is 13.6. The Kier molecular flexibility index (Phi) is 7.71. The van der Waals surface area contributed by atoms with Gasteiger partial charge in [0.15, 0.2) is 0 Å². The molecule has 2 nitrogen and oxygen atoms in total. The molecule has 2 aromatic rings. The first-order chi connectivity index (χ1) is 6.43. The molecule has 0 aliphatic carbocycles. The van der Waals surface area contributed by atoms with Crippen LogP contribution in [0, 0.1) is 0 Å². The normalized spacial score (nSPS) is 7.71. The monoisotopic (exact) mass is 364 g/mol. The molecule has 14 heavy (non-hydrogen) atoms. The zero-order chi connectivity index (χ0) is 9.36. The van der Waals surface area contributed by atoms with E-state index in [2.05, 4.69) is 4.98 Å². The third kappa shape index (κ3) is 5.46. The van der Waals surface area contributed by atoms with Gasteiger partial charge < -0.3 is 9.78 Å². The van der Waals surface area contributed by atoms with Crippen molar-refractivity contribution in [3.05, 3.63) is 60.4 Å². The first-order valence-electron chi connectivity index (χ1n) is 3.88. The van der Waals surface area contributed by atoms with Crippen molar-refractivity contribution in [2.24, 2.45) is 0 Å². The van der Waals surface area contributed by atoms with Crippen LogP contribution in [0.3, 0.4) is 0 Å². The second-order valence-corrected chi connectivity index (χ2v) is 2.30. The molecule has 0 fully saturated rings. The van der Waals surface area contributed by atoms with Crippen molar-refractivity contribution in [1.29, 1.82) is 0 Å². The minimum atomic E-state index is 0. The van der Waals surface area contributed by atoms with Gasteiger partial charge in [-0.2, -0.15) is 30.1 Å². The van der Waals surface area contributed by atoms with Crippen LogP contribution in [0.25, 0.3) is 0 Å². The van der Waals surface area contributed by atoms with E-state index in [1.807, 2.05) is 18.2 Å². The summed E-state index contributed by atoms with van der Waals surface area (Å²) in [5.41, 5.74) is 0.604. The molecule has 0 bridgehead atoms. The molecule has 1 aromatic carbocycles. The molecule has 0 atom stereocenters. The summed E-state index contributed by atoms with van der Waals surface area (Å²) in [5, 5.41) is 0. The molecule has 0 saturated heterocycles. The van der Waals surface area contributed by atoms with Gasteiger partial charge in [0.05, 0.1) is 6.29 Å². The fraction of sp³-hybridized carbons (Fsp3) is 0. The number of hydrogen-bond acceptors (Lipinski definition) is 1. The molecule has 1 aromatic heterocycles. The topological polar surface area (TPSA) is 31.2 Å². The summed E-state index contributed by atoms with van der Waals surface area (Å²) in [6.07, 6.45) is 5.28. The van der Waals surface area contributed by atoms with Crippen molar-refractivity contribution in [3.8, 4) is 0 Å². The molecule has 75 valence electrons. The molecule has 0 aliphatic rings. The summed E-state index contributed by atoms with van der Waals surface area (Å²) in [5.74, 6) is 0. The van der Waals surface area contributed by atoms with Crippen LogP contribution < -0.4 is 4.98 Å². The van der Waals surface area contributed by atoms with Gasteiger partial charge >= 0.3 is 0 Å². The Labute approximate surface area is 96.7 Å². The maximum atomic E-state index is 9.88. The molecule has 2 rings (SSSR count). The molecule has 0 saturated carbocycles. The zero-order valence-electron chi connectivity index (χ0n) is 7.38. The number of nitrogens with zero attached hydrogens (tertiary/aromatic N) is 1. The average Bonchev–Trinajstić information content (AvgIpc) is 2.77. The standard InChI is InChI=1S/C7H5O.C4H4N.Ir/c8-6-7-4-2-1-3-5-7;1-2-4-5-3-1;/h1-5H;1-4H;/q2*-1;. The molecule has 0 unspecified atom stereocenters. The van der Waals surface area contributed by atoms with Crippen LogP contribution in [0.15, 0.2) is 54.9 Å². The van der Waals surface area contributed by atoms with E-state index < -0.39 is 0 Å². The molecule has 3 heteroatoms. The van der Waals surface area contributed by atoms with Gasteiger partial charge in [-0.15, -0.1) is 12.1 Å². The molecular weight excluding hydrogens is 354 g/mol. The van der Waals surface area contributed by atoms with Crippen molar-refractivity contribution in [1.82, 2.24) is 4.98 Å². The van der Waals surface area contributed by atoms with Gasteiger partial charge in [0.2, 0.25) is 0 Å². The quantitative estimate of drug-likeness (QED) is 0.724. The van der Waals surface area contributed by atoms with Crippen molar-refractivity contribution < 1.29 is 24.9 Å². The van der Waals surface area contributed by atoms with Crippen LogP contribution >= 0.6 is 0 Å². The smallest absolute Gasteiger partial charge is 0.0627 e. The minimum Gasteiger partial charge on any atom is -0.670 e. The summed E-state index contributed by atoms with van der Waals surface area (Å²) in [6.45, 7) is 0. The van der Waals surface area contributed by atoms with E-state index in [1.165, 1.54) is 0 Å². The Morgan fingerprint density at radius 1 is 0.929 bits per heavy atom. The summed E-state index contributed by atoms with van der Waals surface area (Å²) in [6, 6.07) is 12.7. The van der Waals surface area contributed by atoms with Crippen molar-refractivity contribution >= 4 is 6.29 Å². The molecule has 0 amide bonds. The van der Waals surface area contributed by atoms with E-state index in [-0.39, 0.29) is 20.1 Å². The third-order valence-corrected chi connectivity index (χ3v) is 1.35. The average molecular weight is 363 g/mol. The Morgan fingerprint density at radius 2 is 1.50 bits per heavy atom. The Balaban J connectivity index is 0.000000246. The van der Waals surface area contributed by atoms with Crippen LogP contribution in [0.2, 0.25) is 0 Å². The largest absolute Gasteiger partial charge is 0.670 e. The number of rotatable bonds is 1. The molecule has 1 heterocycles. The molecule has 0 N–H and O–H groups in total. The maximum Gasteiger partial charge on any atom is 0.0627 e. The van der Waals surface area contributed by atoms with Gasteiger partial charge in [-0.05, 0) is 0 Å². The molecule has 1 radical (unpaired) electrons. The molecule has 0 aliphatic heterocycles. The predicted molar refractivity (Wildman–Crippen MR) is 51.0 cm³/mol. The van der Waals surface area contributed by atoms with Gasteiger partial charge in [0.1, 0.15) is 0 Å². The van der Waals surface area contributed by atoms with E-state index in [4.69, 9.17) is 0 Å². The fourth-order valence-corrected chi connectivity index (χ4v) is 0.755. The Bertz CT molecular complexity index is 301. The van der Waals surface area contributed by atoms with Crippen LogP contribution in [-0.2, 0) is 24.9 Å². The second-order valence-electron chi connectivity index (χ2n) is 2.30. The Hall–Kier alpha value is -1.18. The number of hydrogen-bond donors (Lipinski definition) is 0. The number of aromatic nitrogens is 1. The van der Waals surface area contributed by atoms with Crippen LogP contribution in [-0.4, -0.2) is 6.29 Å². The Morgan fingerprint density at radius 3 is 1.79 bits per heavy atom. The van der Waals surface area contributed by atoms with Gasteiger partial charge in [-0.3, -0.25) is 0 Å². The van der Waals surface area contributed by atoms with E-state index in [9.17, 15) is 4.79 Å². The third-order valence-electron chi connectivity index (χ3n) is 1.35. The minimum absolute atomic E-state index is 0. The van der Waals surface area contributed by atoms with Crippen LogP contribution in [0.1, 0.15) is 5.56 Å². The predicted octanol–water partition coefficient (Wildman–Crippen LogP) is 1.79. The maximum absolute atomic E-state index is 9.88. The fourth-order valence-electron chi connectivity index (χ4n) is 0.755. The second kappa shape index (κ2) is 8.42. The van der Waals surface area contributed by atoms with Crippen LogP contribution in [0.4, 0.5) is 0 Å². The van der Waals surface area contributed by atoms with Gasteiger partial charge in [0.25, 0.3) is 0 Å². The summed E-state index contributed by atoms with van der Waals surface area (Å²) < 4.78 is 0. The first-order valence-corrected chi connectivity index (χ1v) is 3.88. The first kappa shape index (κ1) is 12.8. The zero-order valence-corrected chi connectivity index (χ0v) is 9.78. The summed E-state index contributed by atoms with van der Waals surface area (Å²) >= 11 is 0. The van der Waals surface area contributed by atoms with Gasteiger partial charge in [-0.1, -0.05) is 18.2 Å². The van der Waals surface area contributed by atoms with E-state index in [1.54, 1.807) is 42.9 Å². The summed E-state index contributed by atoms with van der Waals surface area (Å²) in [7, 11) is 0. The van der Waals surface area contributed by atoms with Crippen molar-refractivity contribution in [3.63, 3.8) is 0 Å². The van der Waals surface area contributed by atoms with Crippen molar-refractivity contribution in [2.75, 3.05) is 0 Å². The SMILES string of the molecule is O=[C-]c1ccccc1.[Ir].c1cc[n-]c1. The van der Waals surface area contributed by atoms with Gasteiger partial charge in [-0.25, -0.2) is 0 Å². The molecule has 0 spiro atoms. The van der Waals surface area contributed by atoms with Crippen LogP contribution in [0.5, 0.6) is 0 Å². The van der Waals surface area contributed by atoms with E-state index in [0.717, 1.165) is 0 Å². The van der Waals surface area contributed by atoms with Crippen molar-refractivity contribution in [2.45, 2.75) is 0 Å².